The molecule has 118 valence electrons. The molecule has 0 aliphatic carbocycles. The lowest BCUT2D eigenvalue weighted by Crippen LogP contribution is -2.14. The smallest absolute Gasteiger partial charge is 0.145 e. The second kappa shape index (κ2) is 6.71. The second-order valence-corrected chi connectivity index (χ2v) is 5.72. The maximum absolute atomic E-state index is 13.0. The van der Waals surface area contributed by atoms with Crippen LogP contribution < -0.4 is 5.32 Å². The molecule has 0 bridgehead atoms. The molecule has 1 aromatic heterocycles. The molecule has 0 saturated heterocycles. The molecule has 1 N–H and O–H groups in total. The fraction of sp³-hybridized carbons (Fsp3) is 0.222. The fourth-order valence-corrected chi connectivity index (χ4v) is 2.40. The van der Waals surface area contributed by atoms with Gasteiger partial charge in [-0.1, -0.05) is 24.3 Å². The standard InChI is InChI=1S/C18H19FN4/c1-23(2)12-17-21-16-6-4-3-5-15(16)18(22-17)20-11-13-7-9-14(19)10-8-13/h3-10H,11-12H2,1-2H3,(H,20,21,22). The summed E-state index contributed by atoms with van der Waals surface area (Å²) in [5.41, 5.74) is 1.92. The Morgan fingerprint density at radius 2 is 1.74 bits per heavy atom. The third-order valence-electron chi connectivity index (χ3n) is 3.48. The zero-order valence-corrected chi connectivity index (χ0v) is 13.3. The largest absolute Gasteiger partial charge is 0.365 e. The van der Waals surface area contributed by atoms with Gasteiger partial charge >= 0.3 is 0 Å². The first-order valence-corrected chi connectivity index (χ1v) is 7.50. The maximum Gasteiger partial charge on any atom is 0.145 e. The van der Waals surface area contributed by atoms with E-state index >= 15 is 0 Å². The Morgan fingerprint density at radius 3 is 2.48 bits per heavy atom. The lowest BCUT2D eigenvalue weighted by atomic mass is 10.2. The highest BCUT2D eigenvalue weighted by Gasteiger charge is 2.08. The van der Waals surface area contributed by atoms with Crippen LogP contribution in [0.25, 0.3) is 10.9 Å². The van der Waals surface area contributed by atoms with Crippen molar-refractivity contribution in [3.63, 3.8) is 0 Å². The molecule has 0 amide bonds. The number of aromatic nitrogens is 2. The number of nitrogens with zero attached hydrogens (tertiary/aromatic N) is 3. The van der Waals surface area contributed by atoms with Gasteiger partial charge in [-0.25, -0.2) is 14.4 Å². The van der Waals surface area contributed by atoms with E-state index in [0.29, 0.717) is 13.1 Å². The van der Waals surface area contributed by atoms with Crippen LogP contribution in [0.5, 0.6) is 0 Å². The van der Waals surface area contributed by atoms with Gasteiger partial charge < -0.3 is 10.2 Å². The lowest BCUT2D eigenvalue weighted by Gasteiger charge is -2.13. The topological polar surface area (TPSA) is 41.1 Å². The lowest BCUT2D eigenvalue weighted by molar-refractivity contribution is 0.391. The number of nitrogens with one attached hydrogen (secondary N) is 1. The van der Waals surface area contributed by atoms with E-state index in [-0.39, 0.29) is 5.82 Å². The van der Waals surface area contributed by atoms with Gasteiger partial charge in [0.15, 0.2) is 0 Å². The molecule has 2 aromatic carbocycles. The number of para-hydroxylation sites is 1. The number of hydrogen-bond acceptors (Lipinski definition) is 4. The Hall–Kier alpha value is -2.53. The monoisotopic (exact) mass is 310 g/mol. The average Bonchev–Trinajstić information content (AvgIpc) is 2.53. The second-order valence-electron chi connectivity index (χ2n) is 5.72. The Balaban J connectivity index is 1.89. The average molecular weight is 310 g/mol. The van der Waals surface area contributed by atoms with Gasteiger partial charge in [0.05, 0.1) is 12.1 Å². The molecule has 3 rings (SSSR count). The number of rotatable bonds is 5. The zero-order valence-electron chi connectivity index (χ0n) is 13.3. The van der Waals surface area contributed by atoms with Crippen molar-refractivity contribution in [1.29, 1.82) is 0 Å². The van der Waals surface area contributed by atoms with Gasteiger partial charge in [0.25, 0.3) is 0 Å². The van der Waals surface area contributed by atoms with Crippen LogP contribution in [0.2, 0.25) is 0 Å². The Bertz CT molecular complexity index is 800. The van der Waals surface area contributed by atoms with E-state index in [9.17, 15) is 4.39 Å². The van der Waals surface area contributed by atoms with Gasteiger partial charge in [0.1, 0.15) is 17.5 Å². The number of benzene rings is 2. The summed E-state index contributed by atoms with van der Waals surface area (Å²) in [7, 11) is 3.98. The van der Waals surface area contributed by atoms with Gasteiger partial charge in [-0.2, -0.15) is 0 Å². The van der Waals surface area contributed by atoms with Gasteiger partial charge in [-0.15, -0.1) is 0 Å². The van der Waals surface area contributed by atoms with E-state index in [2.05, 4.69) is 15.3 Å². The van der Waals surface area contributed by atoms with Crippen LogP contribution in [0.15, 0.2) is 48.5 Å². The van der Waals surface area contributed by atoms with Gasteiger partial charge in [-0.3, -0.25) is 0 Å². The highest BCUT2D eigenvalue weighted by atomic mass is 19.1. The molecule has 0 aliphatic heterocycles. The minimum absolute atomic E-state index is 0.227. The number of anilines is 1. The molecule has 0 spiro atoms. The van der Waals surface area contributed by atoms with Crippen LogP contribution in [-0.2, 0) is 13.1 Å². The predicted molar refractivity (Wildman–Crippen MR) is 90.7 cm³/mol. The quantitative estimate of drug-likeness (QED) is 0.784. The molecule has 0 saturated carbocycles. The van der Waals surface area contributed by atoms with E-state index in [1.54, 1.807) is 12.1 Å². The summed E-state index contributed by atoms with van der Waals surface area (Å²) in [5, 5.41) is 4.33. The highest BCUT2D eigenvalue weighted by Crippen LogP contribution is 2.21. The maximum atomic E-state index is 13.0. The molecular formula is C18H19FN4. The minimum atomic E-state index is -0.227. The molecule has 0 fully saturated rings. The van der Waals surface area contributed by atoms with Gasteiger partial charge in [0, 0.05) is 11.9 Å². The Kier molecular flexibility index (Phi) is 4.48. The van der Waals surface area contributed by atoms with Crippen LogP contribution >= 0.6 is 0 Å². The molecule has 23 heavy (non-hydrogen) atoms. The molecule has 0 atom stereocenters. The SMILES string of the molecule is CN(C)Cc1nc(NCc2ccc(F)cc2)c2ccccc2n1. The number of fused-ring (bicyclic) bond motifs is 1. The van der Waals surface area contributed by atoms with Crippen LogP contribution in [0.1, 0.15) is 11.4 Å². The van der Waals surface area contributed by atoms with Crippen molar-refractivity contribution >= 4 is 16.7 Å². The first kappa shape index (κ1) is 15.4. The summed E-state index contributed by atoms with van der Waals surface area (Å²) < 4.78 is 13.0. The van der Waals surface area contributed by atoms with Crippen molar-refractivity contribution in [2.45, 2.75) is 13.1 Å². The van der Waals surface area contributed by atoms with Crippen LogP contribution in [0.3, 0.4) is 0 Å². The Labute approximate surface area is 135 Å². The van der Waals surface area contributed by atoms with Crippen molar-refractivity contribution in [3.8, 4) is 0 Å². The third kappa shape index (κ3) is 3.81. The minimum Gasteiger partial charge on any atom is -0.365 e. The van der Waals surface area contributed by atoms with Crippen molar-refractivity contribution in [2.24, 2.45) is 0 Å². The summed E-state index contributed by atoms with van der Waals surface area (Å²) >= 11 is 0. The molecule has 0 aliphatic rings. The van der Waals surface area contributed by atoms with E-state index in [4.69, 9.17) is 0 Å². The third-order valence-corrected chi connectivity index (χ3v) is 3.48. The Morgan fingerprint density at radius 1 is 1.00 bits per heavy atom. The molecule has 1 heterocycles. The predicted octanol–water partition coefficient (Wildman–Crippen LogP) is 3.44. The van der Waals surface area contributed by atoms with Gasteiger partial charge in [-0.05, 0) is 43.9 Å². The van der Waals surface area contributed by atoms with Crippen molar-refractivity contribution in [3.05, 3.63) is 65.7 Å². The summed E-state index contributed by atoms with van der Waals surface area (Å²) in [4.78, 5) is 11.3. The van der Waals surface area contributed by atoms with E-state index < -0.39 is 0 Å². The van der Waals surface area contributed by atoms with Crippen LogP contribution in [0.4, 0.5) is 10.2 Å². The summed E-state index contributed by atoms with van der Waals surface area (Å²) in [6.07, 6.45) is 0. The van der Waals surface area contributed by atoms with E-state index in [0.717, 1.165) is 28.1 Å². The molecule has 0 unspecified atom stereocenters. The van der Waals surface area contributed by atoms with Crippen molar-refractivity contribution < 1.29 is 4.39 Å². The summed E-state index contributed by atoms with van der Waals surface area (Å²) in [6.45, 7) is 1.26. The number of halogens is 1. The first-order valence-electron chi connectivity index (χ1n) is 7.50. The van der Waals surface area contributed by atoms with E-state index in [1.165, 1.54) is 12.1 Å². The normalized spacial score (nSPS) is 11.1. The molecular weight excluding hydrogens is 291 g/mol. The summed E-state index contributed by atoms with van der Waals surface area (Å²) in [5.74, 6) is 1.35. The van der Waals surface area contributed by atoms with Crippen LogP contribution in [0, 0.1) is 5.82 Å². The first-order chi connectivity index (χ1) is 11.1. The van der Waals surface area contributed by atoms with Gasteiger partial charge in [0.2, 0.25) is 0 Å². The molecule has 3 aromatic rings. The number of hydrogen-bond donors (Lipinski definition) is 1. The van der Waals surface area contributed by atoms with Crippen molar-refractivity contribution in [2.75, 3.05) is 19.4 Å². The molecule has 0 radical (unpaired) electrons. The fourth-order valence-electron chi connectivity index (χ4n) is 2.40. The molecule has 4 nitrogen and oxygen atoms in total. The van der Waals surface area contributed by atoms with Crippen molar-refractivity contribution in [1.82, 2.24) is 14.9 Å². The molecule has 5 heteroatoms. The van der Waals surface area contributed by atoms with E-state index in [1.807, 2.05) is 43.3 Å². The van der Waals surface area contributed by atoms with Crippen LogP contribution in [-0.4, -0.2) is 29.0 Å². The summed E-state index contributed by atoms with van der Waals surface area (Å²) in [6, 6.07) is 14.4. The zero-order chi connectivity index (χ0) is 16.2. The highest BCUT2D eigenvalue weighted by molar-refractivity contribution is 5.88.